The van der Waals surface area contributed by atoms with Gasteiger partial charge in [0, 0.05) is 5.54 Å². The van der Waals surface area contributed by atoms with Gasteiger partial charge in [-0.15, -0.1) is 0 Å². The summed E-state index contributed by atoms with van der Waals surface area (Å²) in [5.41, 5.74) is 7.74. The smallest absolute Gasteiger partial charge is 0.0128 e. The van der Waals surface area contributed by atoms with E-state index in [4.69, 9.17) is 0 Å². The van der Waals surface area contributed by atoms with Gasteiger partial charge in [0.1, 0.15) is 0 Å². The molecule has 1 nitrogen and oxygen atoms in total. The monoisotopic (exact) mass is 409 g/mol. The first-order chi connectivity index (χ1) is 14.1. The van der Waals surface area contributed by atoms with Gasteiger partial charge >= 0.3 is 0 Å². The zero-order valence-corrected chi connectivity index (χ0v) is 20.9. The molecule has 0 aliphatic heterocycles. The van der Waals surface area contributed by atoms with Crippen LogP contribution in [0.15, 0.2) is 42.0 Å². The predicted molar refractivity (Wildman–Crippen MR) is 134 cm³/mol. The number of allylic oxidation sites excluding steroid dienone is 3. The van der Waals surface area contributed by atoms with E-state index in [1.807, 2.05) is 0 Å². The van der Waals surface area contributed by atoms with E-state index in [9.17, 15) is 0 Å². The highest BCUT2D eigenvalue weighted by Gasteiger charge is 2.27. The Balaban J connectivity index is 1.73. The van der Waals surface area contributed by atoms with Crippen LogP contribution in [0.3, 0.4) is 0 Å². The van der Waals surface area contributed by atoms with Gasteiger partial charge in [0.15, 0.2) is 0 Å². The minimum Gasteiger partial charge on any atom is -0.312 e. The van der Waals surface area contributed by atoms with Crippen molar-refractivity contribution >= 4 is 0 Å². The summed E-state index contributed by atoms with van der Waals surface area (Å²) in [4.78, 5) is 0. The van der Waals surface area contributed by atoms with Gasteiger partial charge in [-0.05, 0) is 119 Å². The Hall–Kier alpha value is -1.34. The van der Waals surface area contributed by atoms with E-state index in [-0.39, 0.29) is 5.54 Å². The molecule has 0 spiro atoms. The van der Waals surface area contributed by atoms with Crippen molar-refractivity contribution in [1.82, 2.24) is 5.32 Å². The summed E-state index contributed by atoms with van der Waals surface area (Å²) in [7, 11) is 0. The topological polar surface area (TPSA) is 12.0 Å². The molecule has 2 unspecified atom stereocenters. The van der Waals surface area contributed by atoms with E-state index in [1.165, 1.54) is 61.6 Å². The van der Waals surface area contributed by atoms with Crippen molar-refractivity contribution in [3.05, 3.63) is 58.7 Å². The molecule has 1 aromatic carbocycles. The molecule has 0 saturated heterocycles. The van der Waals surface area contributed by atoms with Gasteiger partial charge in [0.05, 0.1) is 0 Å². The van der Waals surface area contributed by atoms with Crippen LogP contribution >= 0.6 is 0 Å². The lowest BCUT2D eigenvalue weighted by Crippen LogP contribution is -2.43. The van der Waals surface area contributed by atoms with Gasteiger partial charge in [-0.3, -0.25) is 0 Å². The molecule has 2 rings (SSSR count). The third kappa shape index (κ3) is 8.06. The summed E-state index contributed by atoms with van der Waals surface area (Å²) in [6, 6.07) is 7.08. The summed E-state index contributed by atoms with van der Waals surface area (Å²) in [5, 5.41) is 3.88. The molecular weight excluding hydrogens is 362 g/mol. The first-order valence-electron chi connectivity index (χ1n) is 12.2. The van der Waals surface area contributed by atoms with Crippen LogP contribution in [-0.2, 0) is 12.8 Å². The second kappa shape index (κ2) is 11.3. The summed E-state index contributed by atoms with van der Waals surface area (Å²) >= 11 is 0. The molecule has 0 aromatic heterocycles. The normalized spacial score (nSPS) is 18.3. The number of benzene rings is 1. The molecule has 1 heteroatoms. The van der Waals surface area contributed by atoms with Crippen LogP contribution < -0.4 is 5.32 Å². The fourth-order valence-corrected chi connectivity index (χ4v) is 5.10. The van der Waals surface area contributed by atoms with Gasteiger partial charge < -0.3 is 5.32 Å². The first-order valence-corrected chi connectivity index (χ1v) is 12.2. The number of hydrogen-bond donors (Lipinski definition) is 1. The van der Waals surface area contributed by atoms with Crippen molar-refractivity contribution in [2.45, 2.75) is 99.0 Å². The van der Waals surface area contributed by atoms with Crippen LogP contribution in [-0.4, -0.2) is 12.1 Å². The lowest BCUT2D eigenvalue weighted by atomic mass is 9.87. The maximum absolute atomic E-state index is 3.98. The van der Waals surface area contributed by atoms with Crippen molar-refractivity contribution in [1.29, 1.82) is 0 Å². The molecule has 0 bridgehead atoms. The Kier molecular flexibility index (Phi) is 9.41. The zero-order valence-electron chi connectivity index (χ0n) is 20.9. The van der Waals surface area contributed by atoms with Gasteiger partial charge in [-0.25, -0.2) is 0 Å². The zero-order chi connectivity index (χ0) is 22.3. The summed E-state index contributed by atoms with van der Waals surface area (Å²) in [6.45, 7) is 21.4. The van der Waals surface area contributed by atoms with E-state index in [0.717, 1.165) is 24.3 Å². The molecule has 0 amide bonds. The summed E-state index contributed by atoms with van der Waals surface area (Å²) in [6.07, 6.45) is 10.7. The SMILES string of the molecule is C=CC1=C(C)CC(CC(C)(C)NCC(C)CCCc2cc(CC(C)C)ccc2C)C1. The number of aryl methyl sites for hydroxylation is 2. The highest BCUT2D eigenvalue weighted by atomic mass is 15.0. The Morgan fingerprint density at radius 1 is 1.17 bits per heavy atom. The highest BCUT2D eigenvalue weighted by molar-refractivity contribution is 5.31. The minimum absolute atomic E-state index is 0.206. The van der Waals surface area contributed by atoms with Crippen molar-refractivity contribution in [2.24, 2.45) is 17.8 Å². The molecule has 168 valence electrons. The van der Waals surface area contributed by atoms with E-state index in [2.05, 4.69) is 84.6 Å². The molecule has 1 aromatic rings. The average molecular weight is 410 g/mol. The van der Waals surface area contributed by atoms with E-state index >= 15 is 0 Å². The maximum Gasteiger partial charge on any atom is 0.0128 e. The Labute approximate surface area is 187 Å². The lowest BCUT2D eigenvalue weighted by Gasteiger charge is -2.31. The van der Waals surface area contributed by atoms with E-state index < -0.39 is 0 Å². The van der Waals surface area contributed by atoms with Crippen molar-refractivity contribution in [2.75, 3.05) is 6.54 Å². The van der Waals surface area contributed by atoms with Crippen LogP contribution in [0.5, 0.6) is 0 Å². The lowest BCUT2D eigenvalue weighted by molar-refractivity contribution is 0.282. The summed E-state index contributed by atoms with van der Waals surface area (Å²) in [5.74, 6) is 2.22. The summed E-state index contributed by atoms with van der Waals surface area (Å²) < 4.78 is 0. The molecule has 1 aliphatic rings. The molecular formula is C29H47N. The average Bonchev–Trinajstić information content (AvgIpc) is 3.00. The van der Waals surface area contributed by atoms with Gasteiger partial charge in [0.2, 0.25) is 0 Å². The predicted octanol–water partition coefficient (Wildman–Crippen LogP) is 7.82. The number of rotatable bonds is 12. The highest BCUT2D eigenvalue weighted by Crippen LogP contribution is 2.36. The molecule has 0 fully saturated rings. The molecule has 1 N–H and O–H groups in total. The Bertz CT molecular complexity index is 722. The largest absolute Gasteiger partial charge is 0.312 e. The van der Waals surface area contributed by atoms with Crippen LogP contribution in [0, 0.1) is 24.7 Å². The van der Waals surface area contributed by atoms with Crippen LogP contribution in [0.4, 0.5) is 0 Å². The second-order valence-corrected chi connectivity index (χ2v) is 11.1. The molecule has 0 saturated carbocycles. The van der Waals surface area contributed by atoms with Gasteiger partial charge in [-0.2, -0.15) is 0 Å². The standard InChI is InChI=1S/C29H47N/c1-9-27-18-26(16-24(27)6)19-29(7,8)30-20-22(4)11-10-12-28-17-25(15-21(2)3)14-13-23(28)5/h9,13-14,17,21-22,26,30H,1,10-12,15-16,18-20H2,2-8H3. The van der Waals surface area contributed by atoms with Gasteiger partial charge in [-0.1, -0.05) is 57.2 Å². The second-order valence-electron chi connectivity index (χ2n) is 11.1. The van der Waals surface area contributed by atoms with Crippen molar-refractivity contribution in [3.8, 4) is 0 Å². The van der Waals surface area contributed by atoms with Crippen LogP contribution in [0.25, 0.3) is 0 Å². The first kappa shape index (κ1) is 24.9. The fraction of sp³-hybridized carbons (Fsp3) is 0.655. The van der Waals surface area contributed by atoms with E-state index in [0.29, 0.717) is 0 Å². The quantitative estimate of drug-likeness (QED) is 0.371. The molecule has 2 atom stereocenters. The van der Waals surface area contributed by atoms with Crippen LogP contribution in [0.1, 0.15) is 90.3 Å². The van der Waals surface area contributed by atoms with E-state index in [1.54, 1.807) is 11.1 Å². The number of nitrogens with one attached hydrogen (secondary N) is 1. The number of hydrogen-bond acceptors (Lipinski definition) is 1. The maximum atomic E-state index is 3.98. The molecule has 0 radical (unpaired) electrons. The third-order valence-electron chi connectivity index (χ3n) is 6.83. The van der Waals surface area contributed by atoms with Gasteiger partial charge in [0.25, 0.3) is 0 Å². The molecule has 1 aliphatic carbocycles. The molecule has 0 heterocycles. The van der Waals surface area contributed by atoms with Crippen LogP contribution in [0.2, 0.25) is 0 Å². The Morgan fingerprint density at radius 2 is 1.90 bits per heavy atom. The Morgan fingerprint density at radius 3 is 2.53 bits per heavy atom. The van der Waals surface area contributed by atoms with Crippen molar-refractivity contribution < 1.29 is 0 Å². The third-order valence-corrected chi connectivity index (χ3v) is 6.83. The minimum atomic E-state index is 0.206. The molecule has 30 heavy (non-hydrogen) atoms. The van der Waals surface area contributed by atoms with Crippen molar-refractivity contribution in [3.63, 3.8) is 0 Å². The fourth-order valence-electron chi connectivity index (χ4n) is 5.10.